The fourth-order valence-electron chi connectivity index (χ4n) is 9.62. The molecule has 0 aliphatic carbocycles. The molecule has 0 bridgehead atoms. The molecular formula is C66H117NO10. The third-order valence-electron chi connectivity index (χ3n) is 14.7. The Hall–Kier alpha value is -2.90. The summed E-state index contributed by atoms with van der Waals surface area (Å²) in [6.45, 7) is 5.63. The average molecular weight is 1080 g/mol. The summed E-state index contributed by atoms with van der Waals surface area (Å²) < 4.78 is 17.6. The van der Waals surface area contributed by atoms with Crippen LogP contribution in [0.2, 0.25) is 0 Å². The molecule has 1 amide bonds. The number of carbonyl (C=O) groups excluding carboxylic acids is 2. The van der Waals surface area contributed by atoms with E-state index in [4.69, 9.17) is 14.2 Å². The molecule has 1 saturated heterocycles. The number of amides is 1. The zero-order chi connectivity index (χ0) is 56.1. The van der Waals surface area contributed by atoms with Gasteiger partial charge in [0.05, 0.1) is 25.4 Å². The van der Waals surface area contributed by atoms with E-state index in [0.717, 1.165) is 96.3 Å². The normalized spacial score (nSPS) is 19.5. The minimum Gasteiger partial charge on any atom is -0.454 e. The zero-order valence-corrected chi connectivity index (χ0v) is 49.3. The third-order valence-corrected chi connectivity index (χ3v) is 14.7. The Balaban J connectivity index is 2.63. The van der Waals surface area contributed by atoms with Gasteiger partial charge >= 0.3 is 5.97 Å². The first kappa shape index (κ1) is 72.1. The summed E-state index contributed by atoms with van der Waals surface area (Å²) in [6, 6.07) is -1.03. The third kappa shape index (κ3) is 41.7. The molecule has 8 unspecified atom stereocenters. The van der Waals surface area contributed by atoms with Crippen molar-refractivity contribution in [2.24, 2.45) is 0 Å². The van der Waals surface area contributed by atoms with Crippen LogP contribution in [0.1, 0.15) is 271 Å². The largest absolute Gasteiger partial charge is 0.454 e. The minimum absolute atomic E-state index is 0.108. The molecule has 1 rings (SSSR count). The van der Waals surface area contributed by atoms with Crippen molar-refractivity contribution in [1.29, 1.82) is 0 Å². The number of hydrogen-bond donors (Lipinski definition) is 6. The maximum Gasteiger partial charge on any atom is 0.306 e. The summed E-state index contributed by atoms with van der Waals surface area (Å²) in [5, 5.41) is 57.0. The van der Waals surface area contributed by atoms with Crippen LogP contribution < -0.4 is 5.32 Å². The molecule has 0 aromatic rings. The van der Waals surface area contributed by atoms with Gasteiger partial charge in [-0.2, -0.15) is 0 Å². The number of hydrogen-bond acceptors (Lipinski definition) is 10. The molecule has 0 spiro atoms. The van der Waals surface area contributed by atoms with Gasteiger partial charge in [0.2, 0.25) is 5.91 Å². The minimum atomic E-state index is -1.62. The molecular weight excluding hydrogens is 967 g/mol. The second-order valence-corrected chi connectivity index (χ2v) is 21.8. The Kier molecular flexibility index (Phi) is 50.3. The topological polar surface area (TPSA) is 175 Å². The molecule has 77 heavy (non-hydrogen) atoms. The second kappa shape index (κ2) is 53.7. The highest BCUT2D eigenvalue weighted by Crippen LogP contribution is 2.26. The first-order valence-corrected chi connectivity index (χ1v) is 31.7. The molecule has 11 heteroatoms. The van der Waals surface area contributed by atoms with Crippen molar-refractivity contribution >= 4 is 11.9 Å². The van der Waals surface area contributed by atoms with Crippen molar-refractivity contribution in [1.82, 2.24) is 5.32 Å². The van der Waals surface area contributed by atoms with Gasteiger partial charge in [-0.15, -0.1) is 0 Å². The van der Waals surface area contributed by atoms with Gasteiger partial charge in [-0.1, -0.05) is 261 Å². The van der Waals surface area contributed by atoms with Crippen LogP contribution in [0.15, 0.2) is 72.9 Å². The Morgan fingerprint density at radius 3 is 1.52 bits per heavy atom. The summed E-state index contributed by atoms with van der Waals surface area (Å²) in [6.07, 6.45) is 58.0. The highest BCUT2D eigenvalue weighted by atomic mass is 16.7. The molecule has 0 saturated carbocycles. The van der Waals surface area contributed by atoms with Gasteiger partial charge in [-0.25, -0.2) is 0 Å². The lowest BCUT2D eigenvalue weighted by atomic mass is 9.99. The number of carbonyl (C=O) groups is 2. The highest BCUT2D eigenvalue weighted by Gasteiger charge is 2.47. The van der Waals surface area contributed by atoms with Gasteiger partial charge in [0.15, 0.2) is 12.4 Å². The van der Waals surface area contributed by atoms with Gasteiger partial charge in [0.25, 0.3) is 0 Å². The van der Waals surface area contributed by atoms with E-state index < -0.39 is 67.4 Å². The zero-order valence-electron chi connectivity index (χ0n) is 49.3. The van der Waals surface area contributed by atoms with E-state index in [0.29, 0.717) is 12.8 Å². The molecule has 446 valence electrons. The maximum atomic E-state index is 13.4. The number of aliphatic hydroxyl groups is 5. The molecule has 6 N–H and O–H groups in total. The van der Waals surface area contributed by atoms with Crippen LogP contribution in [0.25, 0.3) is 0 Å². The number of ether oxygens (including phenoxy) is 3. The van der Waals surface area contributed by atoms with E-state index in [9.17, 15) is 35.1 Å². The lowest BCUT2D eigenvalue weighted by molar-refractivity contribution is -0.305. The molecule has 0 aromatic heterocycles. The number of nitrogens with one attached hydrogen (secondary N) is 1. The molecule has 1 fully saturated rings. The van der Waals surface area contributed by atoms with Crippen molar-refractivity contribution in [3.63, 3.8) is 0 Å². The van der Waals surface area contributed by atoms with Crippen LogP contribution in [0.4, 0.5) is 0 Å². The number of aliphatic hydroxyl groups excluding tert-OH is 5. The van der Waals surface area contributed by atoms with Crippen LogP contribution >= 0.6 is 0 Å². The van der Waals surface area contributed by atoms with Crippen LogP contribution in [0.5, 0.6) is 0 Å². The Bertz CT molecular complexity index is 1530. The molecule has 1 heterocycles. The lowest BCUT2D eigenvalue weighted by Gasteiger charge is -2.41. The number of esters is 1. The van der Waals surface area contributed by atoms with Crippen LogP contribution in [-0.2, 0) is 23.8 Å². The quantitative estimate of drug-likeness (QED) is 0.0149. The first-order valence-electron chi connectivity index (χ1n) is 31.7. The predicted octanol–water partition coefficient (Wildman–Crippen LogP) is 15.2. The summed E-state index contributed by atoms with van der Waals surface area (Å²) >= 11 is 0. The highest BCUT2D eigenvalue weighted by molar-refractivity contribution is 5.80. The summed E-state index contributed by atoms with van der Waals surface area (Å²) in [5.74, 6) is -1.21. The molecule has 11 nitrogen and oxygen atoms in total. The smallest absolute Gasteiger partial charge is 0.306 e. The fourth-order valence-corrected chi connectivity index (χ4v) is 9.62. The number of unbranched alkanes of at least 4 members (excludes halogenated alkanes) is 31. The molecule has 0 aromatic carbocycles. The molecule has 1 aliphatic heterocycles. The molecule has 8 atom stereocenters. The summed E-state index contributed by atoms with van der Waals surface area (Å²) in [4.78, 5) is 26.5. The van der Waals surface area contributed by atoms with Crippen LogP contribution in [0, 0.1) is 0 Å². The van der Waals surface area contributed by atoms with E-state index in [1.165, 1.54) is 128 Å². The van der Waals surface area contributed by atoms with E-state index in [-0.39, 0.29) is 19.4 Å². The van der Waals surface area contributed by atoms with Crippen molar-refractivity contribution in [2.75, 3.05) is 13.2 Å². The Morgan fingerprint density at radius 1 is 0.532 bits per heavy atom. The van der Waals surface area contributed by atoms with Crippen molar-refractivity contribution < 1.29 is 49.3 Å². The van der Waals surface area contributed by atoms with E-state index in [1.54, 1.807) is 6.08 Å². The van der Waals surface area contributed by atoms with Gasteiger partial charge in [-0.05, 0) is 77.0 Å². The predicted molar refractivity (Wildman–Crippen MR) is 319 cm³/mol. The standard InChI is InChI=1S/C66H117NO10/c1-4-7-10-13-16-19-22-24-26-27-28-29-30-31-32-34-35-38-41-44-47-50-53-59(70)65(74)67-57(58(69)52-49-46-43-40-37-21-18-15-12-9-6-3)56-75-66-64(63(73)62(72)60(55-68)76-66)77-61(71)54-51-48-45-42-39-36-33-25-23-20-17-14-11-8-5-2/h8,11,14,16-17,19-20,23-24,26,49,52,57-60,62-64,66,68-70,72-73H,4-7,9-10,12-13,15,18,21-22,25,27-48,50-51,53-56H2,1-3H3,(H,67,74)/b11-8+,17-14+,19-16-,23-20+,26-24-,52-49+. The van der Waals surface area contributed by atoms with E-state index in [2.05, 4.69) is 80.8 Å². The lowest BCUT2D eigenvalue weighted by Crippen LogP contribution is -2.61. The van der Waals surface area contributed by atoms with E-state index >= 15 is 0 Å². The van der Waals surface area contributed by atoms with E-state index in [1.807, 2.05) is 12.2 Å². The Morgan fingerprint density at radius 2 is 0.987 bits per heavy atom. The fraction of sp³-hybridized carbons (Fsp3) is 0.788. The number of allylic oxidation sites excluding steroid dienone is 11. The van der Waals surface area contributed by atoms with Crippen LogP contribution in [0.3, 0.4) is 0 Å². The molecule has 1 aliphatic rings. The maximum absolute atomic E-state index is 13.4. The van der Waals surface area contributed by atoms with Gasteiger partial charge in [0, 0.05) is 6.42 Å². The van der Waals surface area contributed by atoms with Crippen molar-refractivity contribution in [2.45, 2.75) is 320 Å². The van der Waals surface area contributed by atoms with Crippen LogP contribution in [-0.4, -0.2) is 99.6 Å². The monoisotopic (exact) mass is 1080 g/mol. The van der Waals surface area contributed by atoms with Crippen molar-refractivity contribution in [3.05, 3.63) is 72.9 Å². The Labute approximate surface area is 471 Å². The summed E-state index contributed by atoms with van der Waals surface area (Å²) in [5.41, 5.74) is 0. The van der Waals surface area contributed by atoms with Crippen molar-refractivity contribution in [3.8, 4) is 0 Å². The second-order valence-electron chi connectivity index (χ2n) is 21.8. The van der Waals surface area contributed by atoms with Gasteiger partial charge in [-0.3, -0.25) is 9.59 Å². The first-order chi connectivity index (χ1) is 37.7. The van der Waals surface area contributed by atoms with Gasteiger partial charge < -0.3 is 45.1 Å². The SMILES string of the molecule is CC/C=C/C=C/C=C/CCCCCCCCCC(=O)OC1C(OCC(NC(=O)C(O)CCCCCCCCCCCCCC/C=C\C/C=C\CCCCC)C(O)/C=C/CCCCCCCCCCC)OC(CO)C(O)C1O. The van der Waals surface area contributed by atoms with Gasteiger partial charge in [0.1, 0.15) is 24.4 Å². The molecule has 0 radical (unpaired) electrons. The summed E-state index contributed by atoms with van der Waals surface area (Å²) in [7, 11) is 0. The number of rotatable bonds is 53. The average Bonchev–Trinajstić information content (AvgIpc) is 3.43.